The molecule has 1 aliphatic rings. The molecule has 0 aliphatic carbocycles. The second kappa shape index (κ2) is 7.01. The zero-order chi connectivity index (χ0) is 16.2. The van der Waals surface area contributed by atoms with Crippen LogP contribution in [0.2, 0.25) is 5.02 Å². The Kier molecular flexibility index (Phi) is 4.82. The van der Waals surface area contributed by atoms with Gasteiger partial charge < -0.3 is 9.64 Å². The first kappa shape index (κ1) is 15.8. The highest BCUT2D eigenvalue weighted by Crippen LogP contribution is 2.21. The number of likely N-dealkylation sites (tertiary alicyclic amines) is 1. The molecule has 0 saturated carbocycles. The topological polar surface area (TPSA) is 42.4 Å². The Morgan fingerprint density at radius 1 is 1.17 bits per heavy atom. The van der Waals surface area contributed by atoms with E-state index in [2.05, 4.69) is 4.98 Å². The zero-order valence-corrected chi connectivity index (χ0v) is 13.8. The van der Waals surface area contributed by atoms with Crippen molar-refractivity contribution in [2.45, 2.75) is 25.9 Å². The summed E-state index contributed by atoms with van der Waals surface area (Å²) in [6.45, 7) is 3.27. The van der Waals surface area contributed by atoms with E-state index in [0.717, 1.165) is 24.3 Å². The maximum absolute atomic E-state index is 12.5. The molecule has 1 aliphatic heterocycles. The largest absolute Gasteiger partial charge is 0.490 e. The molecule has 120 valence electrons. The van der Waals surface area contributed by atoms with E-state index in [9.17, 15) is 4.79 Å². The number of pyridine rings is 1. The van der Waals surface area contributed by atoms with Crippen LogP contribution in [0.25, 0.3) is 0 Å². The lowest BCUT2D eigenvalue weighted by Crippen LogP contribution is -2.42. The van der Waals surface area contributed by atoms with E-state index in [1.807, 2.05) is 48.2 Å². The highest BCUT2D eigenvalue weighted by Gasteiger charge is 2.25. The molecule has 4 nitrogen and oxygen atoms in total. The molecule has 1 fully saturated rings. The van der Waals surface area contributed by atoms with Gasteiger partial charge in [0.2, 0.25) is 0 Å². The van der Waals surface area contributed by atoms with Crippen molar-refractivity contribution in [2.24, 2.45) is 0 Å². The number of amides is 1. The Morgan fingerprint density at radius 3 is 2.52 bits per heavy atom. The number of carbonyl (C=O) groups is 1. The van der Waals surface area contributed by atoms with E-state index in [1.165, 1.54) is 0 Å². The number of piperidine rings is 1. The first-order chi connectivity index (χ1) is 11.1. The lowest BCUT2D eigenvalue weighted by atomic mass is 10.1. The fraction of sp³-hybridized carbons (Fsp3) is 0.333. The smallest absolute Gasteiger partial charge is 0.272 e. The Morgan fingerprint density at radius 2 is 1.87 bits per heavy atom. The maximum atomic E-state index is 12.5. The highest BCUT2D eigenvalue weighted by molar-refractivity contribution is 6.30. The van der Waals surface area contributed by atoms with Crippen molar-refractivity contribution >= 4 is 17.5 Å². The molecular weight excluding hydrogens is 312 g/mol. The van der Waals surface area contributed by atoms with E-state index in [4.69, 9.17) is 16.3 Å². The van der Waals surface area contributed by atoms with Gasteiger partial charge in [0, 0.05) is 36.6 Å². The Bertz CT molecular complexity index is 680. The molecule has 0 N–H and O–H groups in total. The quantitative estimate of drug-likeness (QED) is 0.861. The summed E-state index contributed by atoms with van der Waals surface area (Å²) in [5.74, 6) is 0.818. The predicted octanol–water partition coefficient (Wildman–Crippen LogP) is 3.73. The van der Waals surface area contributed by atoms with Gasteiger partial charge in [-0.2, -0.15) is 0 Å². The molecule has 3 rings (SSSR count). The molecular formula is C18H19ClN2O2. The van der Waals surface area contributed by atoms with Gasteiger partial charge in [-0.05, 0) is 43.3 Å². The van der Waals surface area contributed by atoms with Gasteiger partial charge in [-0.1, -0.05) is 17.7 Å². The first-order valence-electron chi connectivity index (χ1n) is 7.77. The van der Waals surface area contributed by atoms with Crippen LogP contribution in [0.5, 0.6) is 5.75 Å². The van der Waals surface area contributed by atoms with Gasteiger partial charge in [0.05, 0.1) is 0 Å². The van der Waals surface area contributed by atoms with Crippen molar-refractivity contribution in [3.05, 3.63) is 58.9 Å². The summed E-state index contributed by atoms with van der Waals surface area (Å²) >= 11 is 5.87. The number of hydrogen-bond acceptors (Lipinski definition) is 3. The van der Waals surface area contributed by atoms with Crippen molar-refractivity contribution in [3.8, 4) is 5.75 Å². The van der Waals surface area contributed by atoms with Crippen LogP contribution in [0.3, 0.4) is 0 Å². The molecule has 23 heavy (non-hydrogen) atoms. The standard InChI is InChI=1S/C18H19ClN2O2/c1-13-3-2-4-17(20-13)18(22)21-11-9-16(10-12-21)23-15-7-5-14(19)6-8-15/h2-8,16H,9-12H2,1H3. The monoisotopic (exact) mass is 330 g/mol. The number of ether oxygens (including phenoxy) is 1. The number of rotatable bonds is 3. The summed E-state index contributed by atoms with van der Waals surface area (Å²) in [7, 11) is 0. The van der Waals surface area contributed by atoms with E-state index in [-0.39, 0.29) is 12.0 Å². The summed E-state index contributed by atoms with van der Waals surface area (Å²) in [5.41, 5.74) is 1.37. The van der Waals surface area contributed by atoms with E-state index in [0.29, 0.717) is 23.8 Å². The second-order valence-electron chi connectivity index (χ2n) is 5.73. The normalized spacial score (nSPS) is 15.5. The van der Waals surface area contributed by atoms with Crippen molar-refractivity contribution in [1.29, 1.82) is 0 Å². The van der Waals surface area contributed by atoms with Gasteiger partial charge >= 0.3 is 0 Å². The number of aromatic nitrogens is 1. The molecule has 0 unspecified atom stereocenters. The minimum atomic E-state index is -0.00126. The van der Waals surface area contributed by atoms with Crippen LogP contribution >= 0.6 is 11.6 Å². The lowest BCUT2D eigenvalue weighted by molar-refractivity contribution is 0.0590. The number of benzene rings is 1. The molecule has 2 aromatic rings. The van der Waals surface area contributed by atoms with Crippen LogP contribution in [0.15, 0.2) is 42.5 Å². The van der Waals surface area contributed by atoms with Gasteiger partial charge in [-0.25, -0.2) is 4.98 Å². The highest BCUT2D eigenvalue weighted by atomic mass is 35.5. The summed E-state index contributed by atoms with van der Waals surface area (Å²) in [5, 5.41) is 0.698. The summed E-state index contributed by atoms with van der Waals surface area (Å²) < 4.78 is 5.95. The molecule has 1 aromatic heterocycles. The van der Waals surface area contributed by atoms with Gasteiger partial charge in [-0.15, -0.1) is 0 Å². The molecule has 1 amide bonds. The van der Waals surface area contributed by atoms with Crippen LogP contribution in [-0.2, 0) is 0 Å². The zero-order valence-electron chi connectivity index (χ0n) is 13.0. The summed E-state index contributed by atoms with van der Waals surface area (Å²) in [6.07, 6.45) is 1.77. The Balaban J connectivity index is 1.55. The number of nitrogens with zero attached hydrogens (tertiary/aromatic N) is 2. The number of halogens is 1. The molecule has 0 radical (unpaired) electrons. The van der Waals surface area contributed by atoms with E-state index >= 15 is 0 Å². The third-order valence-corrected chi connectivity index (χ3v) is 4.21. The van der Waals surface area contributed by atoms with Crippen molar-refractivity contribution in [3.63, 3.8) is 0 Å². The lowest BCUT2D eigenvalue weighted by Gasteiger charge is -2.32. The average molecular weight is 331 g/mol. The number of hydrogen-bond donors (Lipinski definition) is 0. The van der Waals surface area contributed by atoms with Crippen molar-refractivity contribution in [2.75, 3.05) is 13.1 Å². The average Bonchev–Trinajstić information content (AvgIpc) is 2.57. The van der Waals surface area contributed by atoms with Crippen LogP contribution in [-0.4, -0.2) is 35.0 Å². The molecule has 0 spiro atoms. The van der Waals surface area contributed by atoms with Gasteiger partial charge in [0.1, 0.15) is 17.5 Å². The van der Waals surface area contributed by atoms with Crippen molar-refractivity contribution < 1.29 is 9.53 Å². The van der Waals surface area contributed by atoms with Gasteiger partial charge in [-0.3, -0.25) is 4.79 Å². The Hall–Kier alpha value is -2.07. The minimum Gasteiger partial charge on any atom is -0.490 e. The Labute approximate surface area is 141 Å². The van der Waals surface area contributed by atoms with Crippen LogP contribution in [0, 0.1) is 6.92 Å². The number of aryl methyl sites for hydroxylation is 1. The van der Waals surface area contributed by atoms with E-state index < -0.39 is 0 Å². The van der Waals surface area contributed by atoms with Crippen LogP contribution in [0.1, 0.15) is 29.0 Å². The fourth-order valence-corrected chi connectivity index (χ4v) is 2.83. The van der Waals surface area contributed by atoms with Crippen LogP contribution in [0.4, 0.5) is 0 Å². The number of carbonyl (C=O) groups excluding carboxylic acids is 1. The molecule has 0 atom stereocenters. The molecule has 2 heterocycles. The van der Waals surface area contributed by atoms with E-state index in [1.54, 1.807) is 6.07 Å². The predicted molar refractivity (Wildman–Crippen MR) is 90.0 cm³/mol. The maximum Gasteiger partial charge on any atom is 0.272 e. The first-order valence-corrected chi connectivity index (χ1v) is 8.15. The third-order valence-electron chi connectivity index (χ3n) is 3.95. The SMILES string of the molecule is Cc1cccc(C(=O)N2CCC(Oc3ccc(Cl)cc3)CC2)n1. The van der Waals surface area contributed by atoms with Crippen molar-refractivity contribution in [1.82, 2.24) is 9.88 Å². The summed E-state index contributed by atoms with van der Waals surface area (Å²) in [6, 6.07) is 12.9. The summed E-state index contributed by atoms with van der Waals surface area (Å²) in [4.78, 5) is 18.6. The molecule has 1 aromatic carbocycles. The second-order valence-corrected chi connectivity index (χ2v) is 6.16. The minimum absolute atomic E-state index is 0.00126. The molecule has 5 heteroatoms. The molecule has 1 saturated heterocycles. The fourth-order valence-electron chi connectivity index (χ4n) is 2.71. The van der Waals surface area contributed by atoms with Gasteiger partial charge in [0.25, 0.3) is 5.91 Å². The molecule has 0 bridgehead atoms. The van der Waals surface area contributed by atoms with Gasteiger partial charge in [0.15, 0.2) is 0 Å². The third kappa shape index (κ3) is 4.02. The van der Waals surface area contributed by atoms with Crippen LogP contribution < -0.4 is 4.74 Å².